The first-order valence-electron chi connectivity index (χ1n) is 8.08. The molecule has 1 heterocycles. The van der Waals surface area contributed by atoms with Gasteiger partial charge in [0.1, 0.15) is 11.6 Å². The molecule has 1 atom stereocenters. The van der Waals surface area contributed by atoms with E-state index in [9.17, 15) is 4.79 Å². The van der Waals surface area contributed by atoms with Crippen molar-refractivity contribution in [2.75, 3.05) is 13.7 Å². The van der Waals surface area contributed by atoms with E-state index >= 15 is 0 Å². The third-order valence-electron chi connectivity index (χ3n) is 3.69. The monoisotopic (exact) mass is 315 g/mol. The molecule has 0 aromatic heterocycles. The zero-order valence-electron chi connectivity index (χ0n) is 14.3. The fraction of sp³-hybridized carbons (Fsp3) is 0.500. The predicted molar refractivity (Wildman–Crippen MR) is 93.4 cm³/mol. The van der Waals surface area contributed by atoms with E-state index in [1.54, 1.807) is 7.11 Å². The average Bonchev–Trinajstić information content (AvgIpc) is 2.54. The highest BCUT2D eigenvalue weighted by atomic mass is 16.5. The third-order valence-corrected chi connectivity index (χ3v) is 3.69. The van der Waals surface area contributed by atoms with Gasteiger partial charge in [0.2, 0.25) is 5.91 Å². The molecule has 0 spiro atoms. The Bertz CT molecular complexity index is 603. The smallest absolute Gasteiger partial charge is 0.225 e. The van der Waals surface area contributed by atoms with Gasteiger partial charge in [0, 0.05) is 6.42 Å². The third kappa shape index (κ3) is 4.65. The molecule has 1 aromatic carbocycles. The van der Waals surface area contributed by atoms with E-state index in [4.69, 9.17) is 9.73 Å². The number of methoxy groups -OCH3 is 1. The van der Waals surface area contributed by atoms with Crippen molar-refractivity contribution in [2.24, 2.45) is 15.9 Å². The summed E-state index contributed by atoms with van der Waals surface area (Å²) in [5, 5.41) is 2.90. The van der Waals surface area contributed by atoms with E-state index in [2.05, 4.69) is 10.3 Å². The lowest BCUT2D eigenvalue weighted by atomic mass is 10.0. The summed E-state index contributed by atoms with van der Waals surface area (Å²) in [5.41, 5.74) is 1.96. The van der Waals surface area contributed by atoms with Crippen LogP contribution in [0, 0.1) is 5.92 Å². The van der Waals surface area contributed by atoms with Crippen LogP contribution in [0.2, 0.25) is 0 Å². The summed E-state index contributed by atoms with van der Waals surface area (Å²) in [7, 11) is 1.65. The van der Waals surface area contributed by atoms with Crippen molar-refractivity contribution in [3.05, 3.63) is 29.8 Å². The maximum Gasteiger partial charge on any atom is 0.225 e. The number of nitrogens with one attached hydrogen (secondary N) is 1. The van der Waals surface area contributed by atoms with Gasteiger partial charge in [0.15, 0.2) is 0 Å². The van der Waals surface area contributed by atoms with E-state index in [0.29, 0.717) is 24.7 Å². The molecule has 0 aliphatic carbocycles. The predicted octanol–water partition coefficient (Wildman–Crippen LogP) is 3.16. The maximum absolute atomic E-state index is 11.9. The molecule has 0 fully saturated rings. The number of amidine groups is 1. The summed E-state index contributed by atoms with van der Waals surface area (Å²) in [4.78, 5) is 21.3. The van der Waals surface area contributed by atoms with Crippen LogP contribution in [0.25, 0.3) is 0 Å². The highest BCUT2D eigenvalue weighted by molar-refractivity contribution is 6.43. The van der Waals surface area contributed by atoms with Gasteiger partial charge >= 0.3 is 0 Å². The van der Waals surface area contributed by atoms with Crippen LogP contribution in [0.5, 0.6) is 5.75 Å². The fourth-order valence-corrected chi connectivity index (χ4v) is 2.49. The first kappa shape index (κ1) is 17.2. The van der Waals surface area contributed by atoms with Gasteiger partial charge in [-0.05, 0) is 30.0 Å². The lowest BCUT2D eigenvalue weighted by Crippen LogP contribution is -2.39. The van der Waals surface area contributed by atoms with Crippen LogP contribution in [-0.2, 0) is 4.79 Å². The van der Waals surface area contributed by atoms with Crippen LogP contribution in [-0.4, -0.2) is 31.1 Å². The molecule has 5 nitrogen and oxygen atoms in total. The summed E-state index contributed by atoms with van der Waals surface area (Å²) < 4.78 is 5.18. The van der Waals surface area contributed by atoms with Gasteiger partial charge in [-0.3, -0.25) is 14.8 Å². The molecule has 5 heteroatoms. The van der Waals surface area contributed by atoms with Gasteiger partial charge in [0.25, 0.3) is 0 Å². The van der Waals surface area contributed by atoms with Crippen molar-refractivity contribution >= 4 is 17.5 Å². The largest absolute Gasteiger partial charge is 0.497 e. The number of aliphatic imine (C=N–C) groups is 2. The Morgan fingerprint density at radius 2 is 2.04 bits per heavy atom. The zero-order chi connectivity index (χ0) is 16.8. The Kier molecular flexibility index (Phi) is 5.90. The topological polar surface area (TPSA) is 63.1 Å². The summed E-state index contributed by atoms with van der Waals surface area (Å²) in [5.74, 6) is 1.79. The second-order valence-corrected chi connectivity index (χ2v) is 6.05. The van der Waals surface area contributed by atoms with Gasteiger partial charge in [-0.25, -0.2) is 0 Å². The van der Waals surface area contributed by atoms with E-state index < -0.39 is 0 Å². The van der Waals surface area contributed by atoms with Crippen LogP contribution in [0.15, 0.2) is 34.3 Å². The first-order chi connectivity index (χ1) is 11.0. The fourth-order valence-electron chi connectivity index (χ4n) is 2.49. The van der Waals surface area contributed by atoms with Crippen molar-refractivity contribution in [2.45, 2.75) is 39.7 Å². The Morgan fingerprint density at radius 3 is 2.61 bits per heavy atom. The molecule has 1 aliphatic heterocycles. The van der Waals surface area contributed by atoms with Gasteiger partial charge in [-0.1, -0.05) is 32.9 Å². The molecule has 1 amide bonds. The maximum atomic E-state index is 11.9. The van der Waals surface area contributed by atoms with Crippen molar-refractivity contribution in [1.82, 2.24) is 5.32 Å². The van der Waals surface area contributed by atoms with Gasteiger partial charge in [-0.15, -0.1) is 0 Å². The van der Waals surface area contributed by atoms with E-state index in [1.165, 1.54) is 0 Å². The summed E-state index contributed by atoms with van der Waals surface area (Å²) in [6, 6.07) is 7.89. The molecule has 2 rings (SSSR count). The lowest BCUT2D eigenvalue weighted by molar-refractivity contribution is -0.120. The van der Waals surface area contributed by atoms with E-state index in [-0.39, 0.29) is 11.9 Å². The number of carbonyl (C=O) groups excluding carboxylic acids is 1. The number of hydrogen-bond acceptors (Lipinski definition) is 4. The van der Waals surface area contributed by atoms with E-state index in [1.807, 2.05) is 45.0 Å². The SMILES string of the molecule is CCC1=NC(c2ccc(OC)cc2)CN=C1NC(=O)CC(C)C. The molecule has 1 aliphatic rings. The number of nitrogens with zero attached hydrogens (tertiary/aromatic N) is 2. The quantitative estimate of drug-likeness (QED) is 0.907. The molecule has 0 bridgehead atoms. The number of ether oxygens (including phenoxy) is 1. The summed E-state index contributed by atoms with van der Waals surface area (Å²) >= 11 is 0. The van der Waals surface area contributed by atoms with Crippen molar-refractivity contribution in [1.29, 1.82) is 0 Å². The van der Waals surface area contributed by atoms with Crippen molar-refractivity contribution in [3.63, 3.8) is 0 Å². The standard InChI is InChI=1S/C18H25N3O2/c1-5-15-18(21-17(22)10-12(2)3)19-11-16(20-15)13-6-8-14(23-4)9-7-13/h6-9,12,16H,5,10-11H2,1-4H3,(H,19,21,22). The highest BCUT2D eigenvalue weighted by Gasteiger charge is 2.20. The van der Waals surface area contributed by atoms with Gasteiger partial charge in [0.05, 0.1) is 25.4 Å². The van der Waals surface area contributed by atoms with Gasteiger partial charge < -0.3 is 10.1 Å². The Balaban J connectivity index is 2.08. The molecular formula is C18H25N3O2. The van der Waals surface area contributed by atoms with Crippen molar-refractivity contribution < 1.29 is 9.53 Å². The van der Waals surface area contributed by atoms with Crippen molar-refractivity contribution in [3.8, 4) is 5.75 Å². The molecule has 124 valence electrons. The average molecular weight is 315 g/mol. The molecule has 23 heavy (non-hydrogen) atoms. The molecule has 1 unspecified atom stereocenters. The van der Waals surface area contributed by atoms with E-state index in [0.717, 1.165) is 23.4 Å². The van der Waals surface area contributed by atoms with Crippen LogP contribution in [0.3, 0.4) is 0 Å². The second kappa shape index (κ2) is 7.90. The molecular weight excluding hydrogens is 290 g/mol. The number of benzene rings is 1. The normalized spacial score (nSPS) is 17.5. The second-order valence-electron chi connectivity index (χ2n) is 6.05. The molecule has 0 saturated carbocycles. The summed E-state index contributed by atoms with van der Waals surface area (Å²) in [6.07, 6.45) is 1.24. The summed E-state index contributed by atoms with van der Waals surface area (Å²) in [6.45, 7) is 6.63. The van der Waals surface area contributed by atoms with Crippen LogP contribution in [0.1, 0.15) is 45.2 Å². The number of amides is 1. The highest BCUT2D eigenvalue weighted by Crippen LogP contribution is 2.23. The zero-order valence-corrected chi connectivity index (χ0v) is 14.3. The Hall–Kier alpha value is -2.17. The number of hydrogen-bond donors (Lipinski definition) is 1. The van der Waals surface area contributed by atoms with Crippen LogP contribution in [0.4, 0.5) is 0 Å². The van der Waals surface area contributed by atoms with Gasteiger partial charge in [-0.2, -0.15) is 0 Å². The number of carbonyl (C=O) groups is 1. The Morgan fingerprint density at radius 1 is 1.35 bits per heavy atom. The molecule has 1 aromatic rings. The minimum Gasteiger partial charge on any atom is -0.497 e. The first-order valence-corrected chi connectivity index (χ1v) is 8.08. The number of rotatable bonds is 5. The molecule has 0 saturated heterocycles. The molecule has 0 radical (unpaired) electrons. The van der Waals surface area contributed by atoms with Crippen LogP contribution < -0.4 is 10.1 Å². The lowest BCUT2D eigenvalue weighted by Gasteiger charge is -2.21. The minimum absolute atomic E-state index is 0.00149. The minimum atomic E-state index is 0.00149. The van der Waals surface area contributed by atoms with Crippen LogP contribution >= 0.6 is 0 Å². The Labute approximate surface area is 137 Å². The molecule has 1 N–H and O–H groups in total.